The number of carbonyl (C=O) groups excluding carboxylic acids is 1. The van der Waals surface area contributed by atoms with Gasteiger partial charge in [-0.2, -0.15) is 4.99 Å². The van der Waals surface area contributed by atoms with Crippen LogP contribution in [0.15, 0.2) is 40.8 Å². The molecule has 0 saturated carbocycles. The van der Waals surface area contributed by atoms with Crippen molar-refractivity contribution in [3.63, 3.8) is 0 Å². The summed E-state index contributed by atoms with van der Waals surface area (Å²) in [4.78, 5) is 17.0. The molecule has 0 N–H and O–H groups in total. The first-order chi connectivity index (χ1) is 10.9. The molecule has 122 valence electrons. The molecule has 1 aliphatic heterocycles. The summed E-state index contributed by atoms with van der Waals surface area (Å²) in [6, 6.07) is 8.20. The van der Waals surface area contributed by atoms with E-state index in [1.807, 2.05) is 35.2 Å². The van der Waals surface area contributed by atoms with Crippen molar-refractivity contribution >= 4 is 27.1 Å². The van der Waals surface area contributed by atoms with E-state index in [2.05, 4.69) is 17.1 Å². The molecule has 1 amide bonds. The third-order valence-electron chi connectivity index (χ3n) is 3.92. The Hall–Kier alpha value is -1.73. The van der Waals surface area contributed by atoms with Crippen molar-refractivity contribution in [1.82, 2.24) is 4.57 Å². The number of aryl methyl sites for hydroxylation is 1. The van der Waals surface area contributed by atoms with Crippen LogP contribution in [-0.2, 0) is 21.2 Å². The van der Waals surface area contributed by atoms with Crippen LogP contribution in [-0.4, -0.2) is 30.4 Å². The fourth-order valence-electron chi connectivity index (χ4n) is 2.57. The van der Waals surface area contributed by atoms with Crippen molar-refractivity contribution < 1.29 is 13.2 Å². The standard InChI is InChI=1S/C16H18N2O3S2/c1-12-2-4-13(5-3-12)10-18-7-8-22-16(18)17-15(19)14-6-9-23(20,21)11-14/h2-5,7-8,14H,6,9-11H2,1H3/t14-/m0/s1. The largest absolute Gasteiger partial charge is 0.319 e. The second kappa shape index (κ2) is 6.41. The van der Waals surface area contributed by atoms with Gasteiger partial charge in [-0.15, -0.1) is 11.3 Å². The number of benzene rings is 1. The number of thiazole rings is 1. The van der Waals surface area contributed by atoms with E-state index in [0.717, 1.165) is 5.56 Å². The van der Waals surface area contributed by atoms with Crippen molar-refractivity contribution in [2.24, 2.45) is 10.9 Å². The summed E-state index contributed by atoms with van der Waals surface area (Å²) in [6.07, 6.45) is 2.27. The monoisotopic (exact) mass is 350 g/mol. The van der Waals surface area contributed by atoms with Gasteiger partial charge in [0.15, 0.2) is 14.6 Å². The lowest BCUT2D eigenvalue weighted by Gasteiger charge is -2.05. The van der Waals surface area contributed by atoms with Gasteiger partial charge >= 0.3 is 0 Å². The Morgan fingerprint density at radius 1 is 1.35 bits per heavy atom. The van der Waals surface area contributed by atoms with Crippen molar-refractivity contribution in [1.29, 1.82) is 0 Å². The molecular formula is C16H18N2O3S2. The van der Waals surface area contributed by atoms with E-state index in [-0.39, 0.29) is 17.4 Å². The molecule has 1 saturated heterocycles. The van der Waals surface area contributed by atoms with Crippen LogP contribution in [0, 0.1) is 12.8 Å². The van der Waals surface area contributed by atoms with Crippen LogP contribution >= 0.6 is 11.3 Å². The summed E-state index contributed by atoms with van der Waals surface area (Å²) in [5.74, 6) is -0.799. The van der Waals surface area contributed by atoms with Crippen molar-refractivity contribution in [2.45, 2.75) is 19.9 Å². The normalized spacial score (nSPS) is 20.7. The Morgan fingerprint density at radius 2 is 2.09 bits per heavy atom. The molecule has 0 unspecified atom stereocenters. The topological polar surface area (TPSA) is 68.5 Å². The van der Waals surface area contributed by atoms with E-state index in [1.165, 1.54) is 16.9 Å². The van der Waals surface area contributed by atoms with Gasteiger partial charge in [0.05, 0.1) is 17.4 Å². The lowest BCUT2D eigenvalue weighted by Crippen LogP contribution is -2.21. The molecule has 23 heavy (non-hydrogen) atoms. The molecule has 2 heterocycles. The van der Waals surface area contributed by atoms with Gasteiger partial charge in [0.1, 0.15) is 0 Å². The Labute approximate surface area is 139 Å². The highest BCUT2D eigenvalue weighted by molar-refractivity contribution is 7.91. The number of hydrogen-bond donors (Lipinski definition) is 0. The molecular weight excluding hydrogens is 332 g/mol. The molecule has 1 aromatic carbocycles. The van der Waals surface area contributed by atoms with Crippen LogP contribution in [0.2, 0.25) is 0 Å². The van der Waals surface area contributed by atoms with Gasteiger partial charge in [-0.25, -0.2) is 8.42 Å². The lowest BCUT2D eigenvalue weighted by molar-refractivity contribution is -0.121. The summed E-state index contributed by atoms with van der Waals surface area (Å²) < 4.78 is 24.9. The number of rotatable bonds is 3. The van der Waals surface area contributed by atoms with Gasteiger partial charge in [-0.1, -0.05) is 29.8 Å². The average Bonchev–Trinajstić information content (AvgIpc) is 3.08. The maximum Gasteiger partial charge on any atom is 0.252 e. The van der Waals surface area contributed by atoms with Gasteiger partial charge in [0, 0.05) is 18.1 Å². The highest BCUT2D eigenvalue weighted by Crippen LogP contribution is 2.19. The van der Waals surface area contributed by atoms with Crippen LogP contribution < -0.4 is 4.80 Å². The Kier molecular flexibility index (Phi) is 4.50. The molecule has 1 aromatic heterocycles. The van der Waals surface area contributed by atoms with Crippen molar-refractivity contribution in [2.75, 3.05) is 11.5 Å². The Bertz CT molecular complexity index is 877. The van der Waals surface area contributed by atoms with Crippen LogP contribution in [0.5, 0.6) is 0 Å². The van der Waals surface area contributed by atoms with Gasteiger partial charge in [0.25, 0.3) is 5.91 Å². The highest BCUT2D eigenvalue weighted by atomic mass is 32.2. The smallest absolute Gasteiger partial charge is 0.252 e. The van der Waals surface area contributed by atoms with E-state index in [4.69, 9.17) is 0 Å². The molecule has 3 rings (SSSR count). The maximum atomic E-state index is 12.2. The minimum absolute atomic E-state index is 0.0708. The third kappa shape index (κ3) is 3.97. The van der Waals surface area contributed by atoms with Crippen molar-refractivity contribution in [3.05, 3.63) is 51.8 Å². The molecule has 0 aliphatic carbocycles. The van der Waals surface area contributed by atoms with Gasteiger partial charge in [-0.3, -0.25) is 4.79 Å². The zero-order chi connectivity index (χ0) is 16.4. The summed E-state index contributed by atoms with van der Waals surface area (Å²) in [5.41, 5.74) is 2.33. The number of aromatic nitrogens is 1. The first-order valence-electron chi connectivity index (χ1n) is 7.41. The minimum Gasteiger partial charge on any atom is -0.319 e. The third-order valence-corrected chi connectivity index (χ3v) is 6.48. The van der Waals surface area contributed by atoms with E-state index in [9.17, 15) is 13.2 Å². The zero-order valence-electron chi connectivity index (χ0n) is 12.8. The van der Waals surface area contributed by atoms with Crippen LogP contribution in [0.1, 0.15) is 17.5 Å². The van der Waals surface area contributed by atoms with E-state index in [1.54, 1.807) is 0 Å². The molecule has 0 spiro atoms. The number of sulfone groups is 1. The minimum atomic E-state index is -3.07. The maximum absolute atomic E-state index is 12.2. The second-order valence-electron chi connectivity index (χ2n) is 5.85. The molecule has 0 radical (unpaired) electrons. The van der Waals surface area contributed by atoms with Gasteiger partial charge in [0.2, 0.25) is 0 Å². The summed E-state index contributed by atoms with van der Waals surface area (Å²) in [5, 5.41) is 1.88. The molecule has 5 nitrogen and oxygen atoms in total. The Balaban J connectivity index is 1.80. The summed E-state index contributed by atoms with van der Waals surface area (Å²) in [7, 11) is -3.07. The molecule has 0 bridgehead atoms. The predicted molar refractivity (Wildman–Crippen MR) is 89.9 cm³/mol. The highest BCUT2D eigenvalue weighted by Gasteiger charge is 2.32. The van der Waals surface area contributed by atoms with Crippen LogP contribution in [0.25, 0.3) is 0 Å². The van der Waals surface area contributed by atoms with Crippen LogP contribution in [0.4, 0.5) is 0 Å². The lowest BCUT2D eigenvalue weighted by atomic mass is 10.1. The SMILES string of the molecule is Cc1ccc(Cn2ccsc2=NC(=O)[C@H]2CCS(=O)(=O)C2)cc1. The van der Waals surface area contributed by atoms with Gasteiger partial charge in [-0.05, 0) is 18.9 Å². The Morgan fingerprint density at radius 3 is 2.74 bits per heavy atom. The first-order valence-corrected chi connectivity index (χ1v) is 10.1. The van der Waals surface area contributed by atoms with E-state index < -0.39 is 15.8 Å². The quantitative estimate of drug-likeness (QED) is 0.847. The fourth-order valence-corrected chi connectivity index (χ4v) is 5.04. The van der Waals surface area contributed by atoms with Crippen molar-refractivity contribution in [3.8, 4) is 0 Å². The fraction of sp³-hybridized carbons (Fsp3) is 0.375. The predicted octanol–water partition coefficient (Wildman–Crippen LogP) is 1.77. The zero-order valence-corrected chi connectivity index (χ0v) is 14.4. The first kappa shape index (κ1) is 16.1. The molecule has 2 aromatic rings. The summed E-state index contributed by atoms with van der Waals surface area (Å²) in [6.45, 7) is 2.68. The summed E-state index contributed by atoms with van der Waals surface area (Å²) >= 11 is 1.38. The number of amides is 1. The number of carbonyl (C=O) groups is 1. The molecule has 1 atom stereocenters. The average molecular weight is 350 g/mol. The molecule has 1 fully saturated rings. The van der Waals surface area contributed by atoms with Crippen LogP contribution in [0.3, 0.4) is 0 Å². The van der Waals surface area contributed by atoms with E-state index >= 15 is 0 Å². The second-order valence-corrected chi connectivity index (χ2v) is 8.95. The number of nitrogens with zero attached hydrogens (tertiary/aromatic N) is 2. The number of hydrogen-bond acceptors (Lipinski definition) is 4. The molecule has 7 heteroatoms. The van der Waals surface area contributed by atoms with Gasteiger partial charge < -0.3 is 4.57 Å². The molecule has 1 aliphatic rings. The van der Waals surface area contributed by atoms with E-state index in [0.29, 0.717) is 17.8 Å².